The van der Waals surface area contributed by atoms with Crippen LogP contribution in [0.2, 0.25) is 0 Å². The second-order valence-electron chi connectivity index (χ2n) is 5.21. The number of alkyl halides is 2. The van der Waals surface area contributed by atoms with Crippen molar-refractivity contribution in [2.24, 2.45) is 0 Å². The van der Waals surface area contributed by atoms with Crippen molar-refractivity contribution in [1.82, 2.24) is 15.1 Å². The summed E-state index contributed by atoms with van der Waals surface area (Å²) in [5.74, 6) is -0.125. The van der Waals surface area contributed by atoms with Gasteiger partial charge in [-0.25, -0.2) is 0 Å². The van der Waals surface area contributed by atoms with Gasteiger partial charge in [0, 0.05) is 25.4 Å². The quantitative estimate of drug-likeness (QED) is 0.596. The molecule has 7 heteroatoms. The van der Waals surface area contributed by atoms with Crippen molar-refractivity contribution < 1.29 is 18.3 Å². The number of carbonyl (C=O) groups is 1. The lowest BCUT2D eigenvalue weighted by Crippen LogP contribution is -2.23. The van der Waals surface area contributed by atoms with Gasteiger partial charge in [0.1, 0.15) is 5.75 Å². The van der Waals surface area contributed by atoms with E-state index in [1.807, 2.05) is 17.8 Å². The molecule has 0 fully saturated rings. The first-order valence-corrected chi connectivity index (χ1v) is 7.53. The molecule has 1 aromatic heterocycles. The molecule has 1 amide bonds. The van der Waals surface area contributed by atoms with Crippen LogP contribution in [0, 0.1) is 6.92 Å². The lowest BCUT2D eigenvalue weighted by atomic mass is 10.2. The van der Waals surface area contributed by atoms with Crippen molar-refractivity contribution in [2.75, 3.05) is 6.54 Å². The fourth-order valence-electron chi connectivity index (χ4n) is 2.03. The third-order valence-corrected chi connectivity index (χ3v) is 3.16. The number of aryl methyl sites for hydroxylation is 2. The first-order chi connectivity index (χ1) is 11.5. The van der Waals surface area contributed by atoms with Crippen LogP contribution in [0.5, 0.6) is 5.75 Å². The molecule has 0 radical (unpaired) electrons. The number of benzene rings is 1. The van der Waals surface area contributed by atoms with Crippen LogP contribution in [0.1, 0.15) is 17.5 Å². The molecule has 0 unspecified atom stereocenters. The minimum absolute atomic E-state index is 0.0838. The van der Waals surface area contributed by atoms with E-state index >= 15 is 0 Å². The van der Waals surface area contributed by atoms with Crippen molar-refractivity contribution in [2.45, 2.75) is 26.5 Å². The summed E-state index contributed by atoms with van der Waals surface area (Å²) in [5.41, 5.74) is 1.82. The summed E-state index contributed by atoms with van der Waals surface area (Å²) in [6.07, 6.45) is 7.53. The van der Waals surface area contributed by atoms with Crippen molar-refractivity contribution in [1.29, 1.82) is 0 Å². The lowest BCUT2D eigenvalue weighted by molar-refractivity contribution is -0.116. The molecule has 0 saturated carbocycles. The van der Waals surface area contributed by atoms with E-state index < -0.39 is 6.61 Å². The van der Waals surface area contributed by atoms with E-state index in [0.29, 0.717) is 6.54 Å². The number of amides is 1. The maximum absolute atomic E-state index is 12.0. The Morgan fingerprint density at radius 1 is 1.38 bits per heavy atom. The van der Waals surface area contributed by atoms with Crippen molar-refractivity contribution in [3.63, 3.8) is 0 Å². The summed E-state index contributed by atoms with van der Waals surface area (Å²) in [6.45, 7) is 0.414. The number of hydrogen-bond acceptors (Lipinski definition) is 3. The second kappa shape index (κ2) is 8.81. The highest BCUT2D eigenvalue weighted by atomic mass is 19.3. The number of nitrogens with zero attached hydrogens (tertiary/aromatic N) is 2. The molecule has 0 bridgehead atoms. The fourth-order valence-corrected chi connectivity index (χ4v) is 2.03. The van der Waals surface area contributed by atoms with Crippen LogP contribution in [0.15, 0.2) is 42.7 Å². The number of aromatic nitrogens is 2. The molecule has 2 aromatic rings. The third kappa shape index (κ3) is 6.20. The molecule has 0 atom stereocenters. The van der Waals surface area contributed by atoms with E-state index in [9.17, 15) is 13.6 Å². The van der Waals surface area contributed by atoms with E-state index in [1.54, 1.807) is 24.4 Å². The summed E-state index contributed by atoms with van der Waals surface area (Å²) >= 11 is 0. The molecule has 0 aliphatic rings. The number of nitrogens with one attached hydrogen (secondary N) is 1. The predicted octanol–water partition coefficient (Wildman–Crippen LogP) is 3.01. The van der Waals surface area contributed by atoms with Gasteiger partial charge >= 0.3 is 6.61 Å². The van der Waals surface area contributed by atoms with Gasteiger partial charge in [-0.2, -0.15) is 13.9 Å². The summed E-state index contributed by atoms with van der Waals surface area (Å²) < 4.78 is 30.2. The topological polar surface area (TPSA) is 56.2 Å². The van der Waals surface area contributed by atoms with Gasteiger partial charge in [-0.3, -0.25) is 9.48 Å². The molecular formula is C17H19F2N3O2. The SMILES string of the molecule is Cc1cnn(CCCNC(=O)C=Cc2ccc(OC(F)F)cc2)c1. The molecule has 0 saturated heterocycles. The van der Waals surface area contributed by atoms with Gasteiger partial charge in [0.25, 0.3) is 0 Å². The smallest absolute Gasteiger partial charge is 0.387 e. The Hall–Kier alpha value is -2.70. The van der Waals surface area contributed by atoms with Crippen LogP contribution < -0.4 is 10.1 Å². The molecule has 0 aliphatic carbocycles. The highest BCUT2D eigenvalue weighted by molar-refractivity contribution is 5.91. The van der Waals surface area contributed by atoms with Crippen LogP contribution >= 0.6 is 0 Å². The van der Waals surface area contributed by atoms with E-state index in [-0.39, 0.29) is 11.7 Å². The van der Waals surface area contributed by atoms with Crippen molar-refractivity contribution in [3.05, 3.63) is 53.9 Å². The maximum atomic E-state index is 12.0. The summed E-state index contributed by atoms with van der Waals surface area (Å²) in [4.78, 5) is 11.7. The Kier molecular flexibility index (Phi) is 6.48. The summed E-state index contributed by atoms with van der Waals surface area (Å²) in [6, 6.07) is 6.05. The normalized spacial score (nSPS) is 11.2. The molecule has 1 heterocycles. The van der Waals surface area contributed by atoms with Gasteiger partial charge in [0.15, 0.2) is 0 Å². The standard InChI is InChI=1S/C17H19F2N3O2/c1-13-11-21-22(12-13)10-2-9-20-16(23)8-5-14-3-6-15(7-4-14)24-17(18)19/h3-8,11-12,17H,2,9-10H2,1H3,(H,20,23). The monoisotopic (exact) mass is 335 g/mol. The molecule has 0 aliphatic heterocycles. The van der Waals surface area contributed by atoms with Gasteiger partial charge in [-0.15, -0.1) is 0 Å². The fraction of sp³-hybridized carbons (Fsp3) is 0.294. The van der Waals surface area contributed by atoms with E-state index in [4.69, 9.17) is 0 Å². The zero-order chi connectivity index (χ0) is 17.4. The second-order valence-corrected chi connectivity index (χ2v) is 5.21. The number of rotatable bonds is 8. The first-order valence-electron chi connectivity index (χ1n) is 7.53. The lowest BCUT2D eigenvalue weighted by Gasteiger charge is -2.04. The number of ether oxygens (including phenoxy) is 1. The average Bonchev–Trinajstić information content (AvgIpc) is 2.96. The zero-order valence-electron chi connectivity index (χ0n) is 13.3. The minimum atomic E-state index is -2.84. The van der Waals surface area contributed by atoms with Crippen molar-refractivity contribution >= 4 is 12.0 Å². The Bertz CT molecular complexity index is 681. The Morgan fingerprint density at radius 2 is 2.12 bits per heavy atom. The molecule has 0 spiro atoms. The number of hydrogen-bond donors (Lipinski definition) is 1. The Morgan fingerprint density at radius 3 is 2.75 bits per heavy atom. The highest BCUT2D eigenvalue weighted by Gasteiger charge is 2.03. The van der Waals surface area contributed by atoms with Crippen LogP contribution in [-0.4, -0.2) is 28.8 Å². The van der Waals surface area contributed by atoms with Crippen LogP contribution in [0.3, 0.4) is 0 Å². The largest absolute Gasteiger partial charge is 0.435 e. The molecular weight excluding hydrogens is 316 g/mol. The average molecular weight is 335 g/mol. The molecule has 24 heavy (non-hydrogen) atoms. The van der Waals surface area contributed by atoms with E-state index in [0.717, 1.165) is 24.1 Å². The van der Waals surface area contributed by atoms with Crippen LogP contribution in [0.25, 0.3) is 6.08 Å². The van der Waals surface area contributed by atoms with Gasteiger partial charge in [-0.05, 0) is 42.7 Å². The van der Waals surface area contributed by atoms with Gasteiger partial charge in [-0.1, -0.05) is 12.1 Å². The van der Waals surface area contributed by atoms with Gasteiger partial charge in [0.05, 0.1) is 6.20 Å². The Balaban J connectivity index is 1.70. The van der Waals surface area contributed by atoms with Gasteiger partial charge in [0.2, 0.25) is 5.91 Å². The number of halogens is 2. The number of carbonyl (C=O) groups excluding carboxylic acids is 1. The highest BCUT2D eigenvalue weighted by Crippen LogP contribution is 2.15. The predicted molar refractivity (Wildman–Crippen MR) is 86.7 cm³/mol. The molecule has 5 nitrogen and oxygen atoms in total. The molecule has 1 N–H and O–H groups in total. The van der Waals surface area contributed by atoms with Crippen LogP contribution in [-0.2, 0) is 11.3 Å². The third-order valence-electron chi connectivity index (χ3n) is 3.16. The molecule has 2 rings (SSSR count). The molecule has 1 aromatic carbocycles. The molecule has 128 valence electrons. The minimum Gasteiger partial charge on any atom is -0.435 e. The Labute approximate surface area is 138 Å². The van der Waals surface area contributed by atoms with Crippen LogP contribution in [0.4, 0.5) is 8.78 Å². The summed E-state index contributed by atoms with van der Waals surface area (Å²) in [7, 11) is 0. The summed E-state index contributed by atoms with van der Waals surface area (Å²) in [5, 5.41) is 6.94. The zero-order valence-corrected chi connectivity index (χ0v) is 13.3. The maximum Gasteiger partial charge on any atom is 0.387 e. The van der Waals surface area contributed by atoms with E-state index in [1.165, 1.54) is 18.2 Å². The van der Waals surface area contributed by atoms with Crippen molar-refractivity contribution in [3.8, 4) is 5.75 Å². The van der Waals surface area contributed by atoms with E-state index in [2.05, 4.69) is 15.2 Å². The van der Waals surface area contributed by atoms with Gasteiger partial charge < -0.3 is 10.1 Å². The first kappa shape index (κ1) is 17.7.